The van der Waals surface area contributed by atoms with Crippen molar-refractivity contribution in [1.29, 1.82) is 0 Å². The summed E-state index contributed by atoms with van der Waals surface area (Å²) >= 11 is 0. The van der Waals surface area contributed by atoms with Gasteiger partial charge in [0.2, 0.25) is 0 Å². The van der Waals surface area contributed by atoms with Gasteiger partial charge in [-0.1, -0.05) is 290 Å². The van der Waals surface area contributed by atoms with Crippen molar-refractivity contribution >= 4 is 17.9 Å². The fraction of sp³-hybridized carbons (Fsp3) is 0.944. The summed E-state index contributed by atoms with van der Waals surface area (Å²) in [6.07, 6.45) is 59.6. The Labute approximate surface area is 406 Å². The summed E-state index contributed by atoms with van der Waals surface area (Å²) in [6.45, 7) is 6.80. The van der Waals surface area contributed by atoms with Gasteiger partial charge < -0.3 is 35.2 Å². The van der Waals surface area contributed by atoms with Crippen LogP contribution in [-0.2, 0) is 40.6 Å². The van der Waals surface area contributed by atoms with E-state index in [1.54, 1.807) is 0 Å². The number of carbonyl (C=O) groups is 3. The Bertz CT molecular complexity index is 720. The maximum Gasteiger partial charge on any atom is 3.00 e. The van der Waals surface area contributed by atoms with Crippen molar-refractivity contribution in [3.05, 3.63) is 0 Å². The molecule has 2 N–H and O–H groups in total. The second-order valence-corrected chi connectivity index (χ2v) is 18.2. The third-order valence-electron chi connectivity index (χ3n) is 12.0. The number of aliphatic carboxylic acids is 3. The van der Waals surface area contributed by atoms with Gasteiger partial charge in [-0.2, -0.15) is 0 Å². The van der Waals surface area contributed by atoms with Crippen LogP contribution in [0.1, 0.15) is 329 Å². The van der Waals surface area contributed by atoms with Crippen molar-refractivity contribution in [3.8, 4) is 0 Å². The Morgan fingerprint density at radius 1 is 0.226 bits per heavy atom. The molecule has 0 aromatic rings. The molecular formula is C54H107O7Zr. The maximum absolute atomic E-state index is 10.2. The van der Waals surface area contributed by atoms with Crippen molar-refractivity contribution in [2.24, 2.45) is 0 Å². The molecule has 0 aliphatic rings. The molecule has 0 spiro atoms. The molecule has 0 aromatic carbocycles. The average molecular weight is 960 g/mol. The molecule has 0 rings (SSSR count). The molecule has 0 saturated heterocycles. The van der Waals surface area contributed by atoms with Crippen LogP contribution in [0.4, 0.5) is 0 Å². The van der Waals surface area contributed by atoms with E-state index in [-0.39, 0.29) is 50.9 Å². The minimum atomic E-state index is -0.903. The molecule has 0 aliphatic heterocycles. The van der Waals surface area contributed by atoms with Crippen LogP contribution in [0.25, 0.3) is 0 Å². The van der Waals surface area contributed by atoms with E-state index in [1.165, 1.54) is 250 Å². The van der Waals surface area contributed by atoms with Crippen molar-refractivity contribution in [1.82, 2.24) is 0 Å². The van der Waals surface area contributed by atoms with Gasteiger partial charge in [-0.15, -0.1) is 0 Å². The van der Waals surface area contributed by atoms with Gasteiger partial charge in [-0.05, 0) is 38.5 Å². The standard InChI is InChI=1S/3C18H36O2.H2O.Zr/c3*1-2-3-4-5-6-7-8-9-10-11-12-13-14-15-16-17-18(19)20;;/h3*2-17H2,1H3,(H,19,20);1H2;/q;;;;+3/p-3. The van der Waals surface area contributed by atoms with Crippen LogP contribution >= 0.6 is 0 Å². The molecular weight excluding hydrogens is 852 g/mol. The second-order valence-electron chi connectivity index (χ2n) is 18.2. The molecule has 0 atom stereocenters. The Kier molecular flexibility index (Phi) is 75.8. The molecule has 62 heavy (non-hydrogen) atoms. The minimum Gasteiger partial charge on any atom is -0.550 e. The van der Waals surface area contributed by atoms with E-state index in [0.29, 0.717) is 0 Å². The maximum atomic E-state index is 10.2. The second kappa shape index (κ2) is 66.9. The van der Waals surface area contributed by atoms with Crippen LogP contribution in [0.3, 0.4) is 0 Å². The van der Waals surface area contributed by atoms with E-state index < -0.39 is 17.9 Å². The molecule has 0 amide bonds. The molecule has 0 fully saturated rings. The van der Waals surface area contributed by atoms with Gasteiger partial charge >= 0.3 is 26.2 Å². The molecule has 8 heteroatoms. The smallest absolute Gasteiger partial charge is 0.550 e. The number of rotatable bonds is 48. The quantitative estimate of drug-likeness (QED) is 0.0554. The number of hydrogen-bond donors (Lipinski definition) is 0. The van der Waals surface area contributed by atoms with Gasteiger partial charge in [-0.25, -0.2) is 0 Å². The third-order valence-corrected chi connectivity index (χ3v) is 12.0. The molecule has 0 unspecified atom stereocenters. The topological polar surface area (TPSA) is 152 Å². The van der Waals surface area contributed by atoms with Gasteiger partial charge in [0, 0.05) is 17.9 Å². The summed E-state index contributed by atoms with van der Waals surface area (Å²) in [5.74, 6) is -2.71. The van der Waals surface area contributed by atoms with Crippen molar-refractivity contribution < 1.29 is 61.4 Å². The fourth-order valence-electron chi connectivity index (χ4n) is 7.92. The van der Waals surface area contributed by atoms with E-state index in [0.717, 1.165) is 38.5 Å². The molecule has 0 heterocycles. The summed E-state index contributed by atoms with van der Waals surface area (Å²) in [6, 6.07) is 0. The summed E-state index contributed by atoms with van der Waals surface area (Å²) < 4.78 is 0. The van der Waals surface area contributed by atoms with E-state index in [9.17, 15) is 29.7 Å². The fourth-order valence-corrected chi connectivity index (χ4v) is 7.92. The average Bonchev–Trinajstić information content (AvgIpc) is 3.22. The first kappa shape index (κ1) is 70.3. The van der Waals surface area contributed by atoms with E-state index in [4.69, 9.17) is 0 Å². The molecule has 7 nitrogen and oxygen atoms in total. The monoisotopic (exact) mass is 958 g/mol. The molecule has 0 aromatic heterocycles. The van der Waals surface area contributed by atoms with Gasteiger partial charge in [0.25, 0.3) is 0 Å². The Balaban J connectivity index is -0.000000258. The van der Waals surface area contributed by atoms with Gasteiger partial charge in [-0.3, -0.25) is 0 Å². The van der Waals surface area contributed by atoms with Crippen molar-refractivity contribution in [2.45, 2.75) is 329 Å². The Morgan fingerprint density at radius 3 is 0.419 bits per heavy atom. The van der Waals surface area contributed by atoms with E-state index in [1.807, 2.05) is 0 Å². The van der Waals surface area contributed by atoms with Crippen LogP contribution in [-0.4, -0.2) is 23.4 Å². The number of carboxylic acid groups (broad SMARTS) is 3. The number of hydrogen-bond acceptors (Lipinski definition) is 6. The first-order chi connectivity index (χ1) is 29.3. The third kappa shape index (κ3) is 79.6. The predicted octanol–water partition coefficient (Wildman–Crippen LogP) is 14.2. The molecule has 1 radical (unpaired) electrons. The SMILES string of the molecule is CCCCCCCCCCCCCCCCCC(=O)[O-].CCCCCCCCCCCCCCCCCC(=O)[O-].CCCCCCCCCCCCCCCCCC(=O)[O-].O.[Zr+3]. The van der Waals surface area contributed by atoms with E-state index in [2.05, 4.69) is 20.8 Å². The minimum absolute atomic E-state index is 0. The van der Waals surface area contributed by atoms with Crippen LogP contribution in [0.5, 0.6) is 0 Å². The van der Waals surface area contributed by atoms with E-state index >= 15 is 0 Å². The summed E-state index contributed by atoms with van der Waals surface area (Å²) in [4.78, 5) is 30.7. The van der Waals surface area contributed by atoms with Crippen LogP contribution in [0.2, 0.25) is 0 Å². The number of unbranched alkanes of at least 4 members (excludes halogenated alkanes) is 42. The van der Waals surface area contributed by atoms with Crippen LogP contribution in [0.15, 0.2) is 0 Å². The predicted molar refractivity (Wildman–Crippen MR) is 257 cm³/mol. The number of carbonyl (C=O) groups excluding carboxylic acids is 3. The number of carboxylic acids is 3. The van der Waals surface area contributed by atoms with Crippen LogP contribution in [0, 0.1) is 0 Å². The molecule has 0 saturated carbocycles. The molecule has 369 valence electrons. The Morgan fingerprint density at radius 2 is 0.323 bits per heavy atom. The summed E-state index contributed by atoms with van der Waals surface area (Å²) in [7, 11) is 0. The Hall–Kier alpha value is -0.747. The van der Waals surface area contributed by atoms with Gasteiger partial charge in [0.1, 0.15) is 0 Å². The van der Waals surface area contributed by atoms with Gasteiger partial charge in [0.05, 0.1) is 0 Å². The summed E-state index contributed by atoms with van der Waals surface area (Å²) in [5, 5.41) is 30.7. The molecule has 0 bridgehead atoms. The van der Waals surface area contributed by atoms with Crippen molar-refractivity contribution in [2.75, 3.05) is 0 Å². The first-order valence-corrected chi connectivity index (χ1v) is 26.9. The molecule has 0 aliphatic carbocycles. The van der Waals surface area contributed by atoms with Crippen molar-refractivity contribution in [3.63, 3.8) is 0 Å². The summed E-state index contributed by atoms with van der Waals surface area (Å²) in [5.41, 5.74) is 0. The van der Waals surface area contributed by atoms with Gasteiger partial charge in [0.15, 0.2) is 0 Å². The zero-order valence-electron chi connectivity index (χ0n) is 41.9. The largest absolute Gasteiger partial charge is 3.00 e. The van der Waals surface area contributed by atoms with Crippen LogP contribution < -0.4 is 15.3 Å². The first-order valence-electron chi connectivity index (χ1n) is 26.9. The zero-order valence-corrected chi connectivity index (χ0v) is 44.3. The zero-order chi connectivity index (χ0) is 44.7. The normalized spacial score (nSPS) is 10.5.